The summed E-state index contributed by atoms with van der Waals surface area (Å²) in [5.74, 6) is -0.0958. The molecule has 0 aromatic heterocycles. The van der Waals surface area contributed by atoms with Crippen molar-refractivity contribution in [2.75, 3.05) is 13.1 Å². The van der Waals surface area contributed by atoms with E-state index in [0.717, 1.165) is 11.1 Å². The molecule has 1 heterocycles. The molecule has 2 amide bonds. The van der Waals surface area contributed by atoms with E-state index in [-0.39, 0.29) is 36.7 Å². The van der Waals surface area contributed by atoms with Crippen molar-refractivity contribution in [3.63, 3.8) is 0 Å². The van der Waals surface area contributed by atoms with Crippen molar-refractivity contribution in [3.8, 4) is 0 Å². The lowest BCUT2D eigenvalue weighted by atomic mass is 10.0. The number of carbonyl (C=O) groups is 2. The molecule has 0 saturated carbocycles. The molecule has 0 radical (unpaired) electrons. The van der Waals surface area contributed by atoms with E-state index in [1.54, 1.807) is 17.0 Å². The molecule has 1 aliphatic rings. The van der Waals surface area contributed by atoms with Gasteiger partial charge in [0.05, 0.1) is 12.5 Å². The Labute approximate surface area is 153 Å². The minimum absolute atomic E-state index is 0. The number of nitrogens with two attached hydrogens (primary N) is 1. The molecule has 2 aromatic rings. The number of benzene rings is 2. The minimum atomic E-state index is -0.254. The van der Waals surface area contributed by atoms with E-state index in [2.05, 4.69) is 5.32 Å². The second kappa shape index (κ2) is 8.65. The fraction of sp³-hybridized carbons (Fsp3) is 0.263. The van der Waals surface area contributed by atoms with Gasteiger partial charge in [0, 0.05) is 25.2 Å². The van der Waals surface area contributed by atoms with Crippen LogP contribution in [0.25, 0.3) is 0 Å². The number of nitrogens with zero attached hydrogens (tertiary/aromatic N) is 1. The fourth-order valence-corrected chi connectivity index (χ4v) is 2.99. The first-order valence-corrected chi connectivity index (χ1v) is 8.10. The van der Waals surface area contributed by atoms with Gasteiger partial charge in [-0.1, -0.05) is 42.5 Å². The summed E-state index contributed by atoms with van der Waals surface area (Å²) >= 11 is 0. The van der Waals surface area contributed by atoms with E-state index in [0.29, 0.717) is 25.2 Å². The number of amides is 2. The van der Waals surface area contributed by atoms with Crippen molar-refractivity contribution in [1.82, 2.24) is 10.2 Å². The van der Waals surface area contributed by atoms with Crippen LogP contribution < -0.4 is 11.1 Å². The van der Waals surface area contributed by atoms with Crippen LogP contribution in [0.2, 0.25) is 0 Å². The molecule has 25 heavy (non-hydrogen) atoms. The zero-order chi connectivity index (χ0) is 16.9. The van der Waals surface area contributed by atoms with Crippen molar-refractivity contribution in [3.05, 3.63) is 71.3 Å². The van der Waals surface area contributed by atoms with E-state index < -0.39 is 0 Å². The molecule has 6 heteroatoms. The van der Waals surface area contributed by atoms with Gasteiger partial charge in [-0.05, 0) is 23.3 Å². The largest absolute Gasteiger partial charge is 0.354 e. The number of hydrogen-bond donors (Lipinski definition) is 2. The van der Waals surface area contributed by atoms with Crippen molar-refractivity contribution < 1.29 is 9.59 Å². The van der Waals surface area contributed by atoms with Crippen LogP contribution in [0.3, 0.4) is 0 Å². The Morgan fingerprint density at radius 2 is 1.80 bits per heavy atom. The van der Waals surface area contributed by atoms with Gasteiger partial charge in [-0.3, -0.25) is 9.59 Å². The molecule has 3 N–H and O–H groups in total. The molecule has 0 spiro atoms. The maximum atomic E-state index is 13.0. The predicted molar refractivity (Wildman–Crippen MR) is 99.4 cm³/mol. The van der Waals surface area contributed by atoms with E-state index in [9.17, 15) is 9.59 Å². The van der Waals surface area contributed by atoms with Gasteiger partial charge >= 0.3 is 0 Å². The monoisotopic (exact) mass is 359 g/mol. The maximum Gasteiger partial charge on any atom is 0.254 e. The van der Waals surface area contributed by atoms with Crippen LogP contribution in [0.5, 0.6) is 0 Å². The van der Waals surface area contributed by atoms with Crippen LogP contribution in [0.1, 0.15) is 33.9 Å². The van der Waals surface area contributed by atoms with Gasteiger partial charge in [-0.25, -0.2) is 0 Å². The van der Waals surface area contributed by atoms with Gasteiger partial charge < -0.3 is 16.0 Å². The molecule has 132 valence electrons. The molecule has 5 nitrogen and oxygen atoms in total. The van der Waals surface area contributed by atoms with E-state index in [1.165, 1.54) is 0 Å². The Balaban J connectivity index is 0.00000225. The van der Waals surface area contributed by atoms with E-state index in [4.69, 9.17) is 5.73 Å². The highest BCUT2D eigenvalue weighted by molar-refractivity contribution is 5.95. The average molecular weight is 360 g/mol. The van der Waals surface area contributed by atoms with Crippen molar-refractivity contribution in [2.24, 2.45) is 5.73 Å². The molecule has 1 fully saturated rings. The summed E-state index contributed by atoms with van der Waals surface area (Å²) < 4.78 is 0. The van der Waals surface area contributed by atoms with Crippen LogP contribution in [0.4, 0.5) is 0 Å². The Bertz CT molecular complexity index is 719. The number of nitrogens with one attached hydrogen (secondary N) is 1. The highest BCUT2D eigenvalue weighted by Gasteiger charge is 2.30. The lowest BCUT2D eigenvalue weighted by Crippen LogP contribution is -2.36. The van der Waals surface area contributed by atoms with Crippen LogP contribution >= 0.6 is 12.4 Å². The average Bonchev–Trinajstić information content (AvgIpc) is 2.83. The van der Waals surface area contributed by atoms with Crippen LogP contribution in [-0.2, 0) is 11.3 Å². The highest BCUT2D eigenvalue weighted by atomic mass is 35.5. The normalized spacial score (nSPS) is 17.2. The van der Waals surface area contributed by atoms with Crippen molar-refractivity contribution in [1.29, 1.82) is 0 Å². The predicted octanol–water partition coefficient (Wildman–Crippen LogP) is 2.27. The van der Waals surface area contributed by atoms with Crippen molar-refractivity contribution >= 4 is 24.2 Å². The zero-order valence-electron chi connectivity index (χ0n) is 13.9. The molecule has 1 atom stereocenters. The van der Waals surface area contributed by atoms with E-state index in [1.807, 2.05) is 42.5 Å². The SMILES string of the molecule is Cl.NCc1ccc(C(=O)N2CCNC(=O)CC2c2ccccc2)cc1. The summed E-state index contributed by atoms with van der Waals surface area (Å²) in [6, 6.07) is 16.8. The lowest BCUT2D eigenvalue weighted by Gasteiger charge is -2.29. The molecular weight excluding hydrogens is 338 g/mol. The van der Waals surface area contributed by atoms with Crippen LogP contribution in [0.15, 0.2) is 54.6 Å². The number of carbonyl (C=O) groups excluding carboxylic acids is 2. The molecular formula is C19H22ClN3O2. The number of halogens is 1. The summed E-state index contributed by atoms with van der Waals surface area (Å²) in [5.41, 5.74) is 8.18. The maximum absolute atomic E-state index is 13.0. The molecule has 1 unspecified atom stereocenters. The lowest BCUT2D eigenvalue weighted by molar-refractivity contribution is -0.121. The minimum Gasteiger partial charge on any atom is -0.354 e. The van der Waals surface area contributed by atoms with Crippen molar-refractivity contribution in [2.45, 2.75) is 19.0 Å². The van der Waals surface area contributed by atoms with Gasteiger partial charge in [0.15, 0.2) is 0 Å². The van der Waals surface area contributed by atoms with E-state index >= 15 is 0 Å². The van der Waals surface area contributed by atoms with Crippen LogP contribution in [0, 0.1) is 0 Å². The van der Waals surface area contributed by atoms with Gasteiger partial charge in [0.1, 0.15) is 0 Å². The van der Waals surface area contributed by atoms with Gasteiger partial charge in [-0.2, -0.15) is 0 Å². The molecule has 3 rings (SSSR count). The smallest absolute Gasteiger partial charge is 0.254 e. The Hall–Kier alpha value is -2.37. The Morgan fingerprint density at radius 3 is 2.44 bits per heavy atom. The molecule has 2 aromatic carbocycles. The quantitative estimate of drug-likeness (QED) is 0.882. The second-order valence-corrected chi connectivity index (χ2v) is 5.88. The third-order valence-corrected chi connectivity index (χ3v) is 4.31. The summed E-state index contributed by atoms with van der Waals surface area (Å²) in [6.07, 6.45) is 0.274. The third-order valence-electron chi connectivity index (χ3n) is 4.31. The highest BCUT2D eigenvalue weighted by Crippen LogP contribution is 2.27. The molecule has 0 bridgehead atoms. The summed E-state index contributed by atoms with van der Waals surface area (Å²) in [7, 11) is 0. The molecule has 0 aliphatic carbocycles. The Kier molecular flexibility index (Phi) is 6.56. The number of hydrogen-bond acceptors (Lipinski definition) is 3. The summed E-state index contributed by atoms with van der Waals surface area (Å²) in [6.45, 7) is 1.40. The molecule has 1 saturated heterocycles. The standard InChI is InChI=1S/C19H21N3O2.ClH/c20-13-14-6-8-16(9-7-14)19(24)22-11-10-21-18(23)12-17(22)15-4-2-1-3-5-15;/h1-9,17H,10-13,20H2,(H,21,23);1H. The topological polar surface area (TPSA) is 75.4 Å². The fourth-order valence-electron chi connectivity index (χ4n) is 2.99. The molecule has 1 aliphatic heterocycles. The first-order valence-electron chi connectivity index (χ1n) is 8.10. The summed E-state index contributed by atoms with van der Waals surface area (Å²) in [4.78, 5) is 26.8. The van der Waals surface area contributed by atoms with Gasteiger partial charge in [-0.15, -0.1) is 12.4 Å². The first-order chi connectivity index (χ1) is 11.7. The Morgan fingerprint density at radius 1 is 1.12 bits per heavy atom. The van der Waals surface area contributed by atoms with Gasteiger partial charge in [0.25, 0.3) is 5.91 Å². The zero-order valence-corrected chi connectivity index (χ0v) is 14.7. The van der Waals surface area contributed by atoms with Gasteiger partial charge in [0.2, 0.25) is 5.91 Å². The first kappa shape index (κ1) is 19.0. The third kappa shape index (κ3) is 4.38. The second-order valence-electron chi connectivity index (χ2n) is 5.88. The number of rotatable bonds is 3. The van der Waals surface area contributed by atoms with Crippen LogP contribution in [-0.4, -0.2) is 29.8 Å². The summed E-state index contributed by atoms with van der Waals surface area (Å²) in [5, 5.41) is 2.85.